The van der Waals surface area contributed by atoms with Crippen molar-refractivity contribution < 1.29 is 18.7 Å². The number of hydroxylamine groups is 2. The number of benzene rings is 1. The summed E-state index contributed by atoms with van der Waals surface area (Å²) in [5, 5.41) is 25.5. The monoisotopic (exact) mass is 408 g/mol. The van der Waals surface area contributed by atoms with E-state index in [0.29, 0.717) is 12.8 Å². The first-order valence-electron chi connectivity index (χ1n) is 9.48. The summed E-state index contributed by atoms with van der Waals surface area (Å²) in [7, 11) is 0. The van der Waals surface area contributed by atoms with Gasteiger partial charge in [0.15, 0.2) is 0 Å². The van der Waals surface area contributed by atoms with Crippen LogP contribution in [-0.4, -0.2) is 40.8 Å². The number of hydrogen-bond donors (Lipinski definition) is 3. The van der Waals surface area contributed by atoms with Crippen LogP contribution in [0, 0.1) is 16.8 Å². The summed E-state index contributed by atoms with van der Waals surface area (Å²) in [6.45, 7) is 3.29. The Balaban J connectivity index is 2.10. The van der Waals surface area contributed by atoms with Crippen molar-refractivity contribution in [1.29, 1.82) is 0 Å². The number of anilines is 1. The topological polar surface area (TPSA) is 120 Å². The number of carbonyl (C=O) groups is 1. The Morgan fingerprint density at radius 2 is 1.86 bits per heavy atom. The number of nitrogens with one attached hydrogen (secondary N) is 1. The van der Waals surface area contributed by atoms with Gasteiger partial charge in [0.2, 0.25) is 22.8 Å². The zero-order valence-corrected chi connectivity index (χ0v) is 16.0. The maximum atomic E-state index is 15.7. The van der Waals surface area contributed by atoms with Gasteiger partial charge in [-0.15, -0.1) is 0 Å². The predicted molar refractivity (Wildman–Crippen MR) is 105 cm³/mol. The second-order valence-corrected chi connectivity index (χ2v) is 8.15. The van der Waals surface area contributed by atoms with Gasteiger partial charge in [-0.25, -0.2) is 4.79 Å². The number of fused-ring (bicyclic) bond motifs is 1. The summed E-state index contributed by atoms with van der Waals surface area (Å²) in [6, 6.07) is -0.802. The third-order valence-electron chi connectivity index (χ3n) is 5.65. The van der Waals surface area contributed by atoms with Crippen molar-refractivity contribution >= 4 is 28.2 Å². The zero-order valence-electron chi connectivity index (χ0n) is 16.0. The van der Waals surface area contributed by atoms with Crippen LogP contribution in [-0.2, 0) is 0 Å². The molecule has 3 atom stereocenters. The smallest absolute Gasteiger partial charge is 0.341 e. The van der Waals surface area contributed by atoms with Crippen LogP contribution in [0.4, 0.5) is 20.2 Å². The maximum absolute atomic E-state index is 15.7. The molecule has 4 N–H and O–H groups in total. The number of quaternary nitrogens is 1. The molecule has 10 heteroatoms. The fraction of sp³-hybridized carbons (Fsp3) is 0.474. The number of pyridine rings is 1. The summed E-state index contributed by atoms with van der Waals surface area (Å²) in [5.41, 5.74) is 2.47. The van der Waals surface area contributed by atoms with Crippen LogP contribution in [0.2, 0.25) is 0 Å². The van der Waals surface area contributed by atoms with E-state index >= 15 is 8.78 Å². The highest BCUT2D eigenvalue weighted by Gasteiger charge is 2.40. The molecule has 4 rings (SSSR count). The Bertz CT molecular complexity index is 1090. The number of hydrogen-bond acceptors (Lipinski definition) is 5. The standard InChI is InChI=1S/C19H22F2N4O4/c1-8-6-25(29,7-9(2)23-8)17-13(20)15(22)12-16(14(17)21)24(10-3-4-10)5-11(18(12)26)19(27)28/h5,8-10,23H,3-4,6-7,22H2,1-2H3,(H,27,28)/t8-,9+,25?. The van der Waals surface area contributed by atoms with Crippen LogP contribution in [0.1, 0.15) is 43.1 Å². The molecule has 1 aliphatic heterocycles. The summed E-state index contributed by atoms with van der Waals surface area (Å²) < 4.78 is 31.0. The van der Waals surface area contributed by atoms with Crippen molar-refractivity contribution in [2.75, 3.05) is 18.8 Å². The highest BCUT2D eigenvalue weighted by Crippen LogP contribution is 2.43. The molecule has 8 nitrogen and oxygen atoms in total. The minimum Gasteiger partial charge on any atom is -0.627 e. The molecule has 2 fully saturated rings. The third kappa shape index (κ3) is 2.98. The number of halogens is 2. The molecule has 0 bridgehead atoms. The minimum atomic E-state index is -1.51. The second kappa shape index (κ2) is 6.48. The van der Waals surface area contributed by atoms with Gasteiger partial charge in [0.25, 0.3) is 0 Å². The van der Waals surface area contributed by atoms with Crippen molar-refractivity contribution in [3.05, 3.63) is 38.8 Å². The van der Waals surface area contributed by atoms with E-state index in [1.54, 1.807) is 13.8 Å². The van der Waals surface area contributed by atoms with Crippen LogP contribution in [0.3, 0.4) is 0 Å². The Kier molecular flexibility index (Phi) is 4.41. The van der Waals surface area contributed by atoms with E-state index in [9.17, 15) is 19.9 Å². The largest absolute Gasteiger partial charge is 0.627 e. The van der Waals surface area contributed by atoms with E-state index in [1.807, 2.05) is 0 Å². The van der Waals surface area contributed by atoms with Crippen molar-refractivity contribution in [3.8, 4) is 0 Å². The normalized spacial score (nSPS) is 27.3. The number of rotatable bonds is 3. The Morgan fingerprint density at radius 3 is 2.38 bits per heavy atom. The van der Waals surface area contributed by atoms with Gasteiger partial charge in [0.1, 0.15) is 5.56 Å². The van der Waals surface area contributed by atoms with E-state index in [-0.39, 0.29) is 36.7 Å². The third-order valence-corrected chi connectivity index (χ3v) is 5.65. The molecule has 2 heterocycles. The number of nitrogen functional groups attached to an aromatic ring is 1. The predicted octanol–water partition coefficient (Wildman–Crippen LogP) is 2.08. The lowest BCUT2D eigenvalue weighted by atomic mass is 10.0. The molecule has 156 valence electrons. The number of nitrogens with zero attached hydrogens (tertiary/aromatic N) is 2. The van der Waals surface area contributed by atoms with Crippen LogP contribution < -0.4 is 21.1 Å². The molecule has 2 aromatic rings. The molecule has 1 aliphatic carbocycles. The van der Waals surface area contributed by atoms with Gasteiger partial charge in [-0.2, -0.15) is 8.78 Å². The molecule has 1 aromatic heterocycles. The molecule has 0 amide bonds. The van der Waals surface area contributed by atoms with Gasteiger partial charge in [0.05, 0.1) is 41.8 Å². The molecular weight excluding hydrogens is 386 g/mol. The van der Waals surface area contributed by atoms with Crippen molar-refractivity contribution in [2.24, 2.45) is 0 Å². The molecule has 1 saturated carbocycles. The lowest BCUT2D eigenvalue weighted by Gasteiger charge is -2.49. The Morgan fingerprint density at radius 1 is 1.28 bits per heavy atom. The molecule has 1 saturated heterocycles. The number of aromatic carboxylic acids is 1. The Hall–Kier alpha value is -2.56. The lowest BCUT2D eigenvalue weighted by Crippen LogP contribution is -2.63. The number of piperazine rings is 1. The molecule has 29 heavy (non-hydrogen) atoms. The van der Waals surface area contributed by atoms with E-state index in [1.165, 1.54) is 4.57 Å². The number of carboxylic acids is 1. The number of carboxylic acid groups (broad SMARTS) is 1. The van der Waals surface area contributed by atoms with Gasteiger partial charge >= 0.3 is 5.97 Å². The molecule has 2 aliphatic rings. The van der Waals surface area contributed by atoms with Crippen LogP contribution in [0.15, 0.2) is 11.0 Å². The van der Waals surface area contributed by atoms with Crippen molar-refractivity contribution in [3.63, 3.8) is 0 Å². The van der Waals surface area contributed by atoms with Gasteiger partial charge < -0.3 is 30.6 Å². The van der Waals surface area contributed by atoms with E-state index in [4.69, 9.17) is 5.73 Å². The Labute approximate surface area is 164 Å². The highest BCUT2D eigenvalue weighted by atomic mass is 19.1. The fourth-order valence-corrected chi connectivity index (χ4v) is 4.44. The van der Waals surface area contributed by atoms with Crippen LogP contribution in [0.5, 0.6) is 0 Å². The first-order valence-corrected chi connectivity index (χ1v) is 9.48. The van der Waals surface area contributed by atoms with Crippen LogP contribution in [0.25, 0.3) is 10.9 Å². The van der Waals surface area contributed by atoms with Crippen molar-refractivity contribution in [2.45, 2.75) is 44.8 Å². The minimum absolute atomic E-state index is 0.107. The SMILES string of the molecule is C[C@@H]1C[N+]([O-])(c2c(F)c(N)c3c(=O)c(C(=O)O)cn(C4CC4)c3c2F)C[C@H](C)N1. The highest BCUT2D eigenvalue weighted by molar-refractivity contribution is 5.99. The quantitative estimate of drug-likeness (QED) is 0.406. The average molecular weight is 408 g/mol. The van der Waals surface area contributed by atoms with Crippen LogP contribution >= 0.6 is 0 Å². The number of nitrogens with two attached hydrogens (primary N) is 1. The second-order valence-electron chi connectivity index (χ2n) is 8.15. The lowest BCUT2D eigenvalue weighted by molar-refractivity contribution is 0.0694. The van der Waals surface area contributed by atoms with Crippen molar-refractivity contribution in [1.82, 2.24) is 14.5 Å². The summed E-state index contributed by atoms with van der Waals surface area (Å²) >= 11 is 0. The average Bonchev–Trinajstić information content (AvgIpc) is 3.42. The van der Waals surface area contributed by atoms with E-state index in [0.717, 1.165) is 6.20 Å². The molecular formula is C19H22F2N4O4. The van der Waals surface area contributed by atoms with E-state index < -0.39 is 50.0 Å². The van der Waals surface area contributed by atoms with Gasteiger partial charge in [-0.3, -0.25) is 4.79 Å². The number of aromatic nitrogens is 1. The zero-order chi connectivity index (χ0) is 21.2. The van der Waals surface area contributed by atoms with Gasteiger partial charge in [-0.1, -0.05) is 0 Å². The summed E-state index contributed by atoms with van der Waals surface area (Å²) in [6.07, 6.45) is 2.36. The van der Waals surface area contributed by atoms with Gasteiger partial charge in [-0.05, 0) is 26.7 Å². The van der Waals surface area contributed by atoms with E-state index in [2.05, 4.69) is 5.32 Å². The fourth-order valence-electron chi connectivity index (χ4n) is 4.44. The molecule has 0 spiro atoms. The summed E-state index contributed by atoms with van der Waals surface area (Å²) in [4.78, 5) is 24.1. The maximum Gasteiger partial charge on any atom is 0.341 e. The molecule has 1 unspecified atom stereocenters. The molecule has 0 radical (unpaired) electrons. The summed E-state index contributed by atoms with van der Waals surface area (Å²) in [5.74, 6) is -3.95. The first kappa shape index (κ1) is 19.7. The molecule has 1 aromatic carbocycles. The van der Waals surface area contributed by atoms with Gasteiger partial charge in [0, 0.05) is 12.2 Å². The first-order chi connectivity index (χ1) is 13.5.